The predicted octanol–water partition coefficient (Wildman–Crippen LogP) is 1.02. The number of allylic oxidation sites excluding steroid dienone is 4. The van der Waals surface area contributed by atoms with Gasteiger partial charge in [-0.25, -0.2) is 0 Å². The van der Waals surface area contributed by atoms with E-state index >= 15 is 0 Å². The first-order valence-electron chi connectivity index (χ1n) is 3.25. The third-order valence-electron chi connectivity index (χ3n) is 2.41. The van der Waals surface area contributed by atoms with Crippen LogP contribution in [0.25, 0.3) is 0 Å². The fourth-order valence-corrected chi connectivity index (χ4v) is 1.79. The van der Waals surface area contributed by atoms with Gasteiger partial charge in [0.2, 0.25) is 0 Å². The molecule has 1 unspecified atom stereocenters. The van der Waals surface area contributed by atoms with Crippen molar-refractivity contribution in [3.8, 4) is 0 Å². The quantitative estimate of drug-likeness (QED) is 0.463. The average molecular weight is 117 g/mol. The smallest absolute Gasteiger partial charge is 0.163 e. The largest absolute Gasteiger partial charge is 0.294 e. The Kier molecular flexibility index (Phi) is 0.413. The molecule has 1 radical (unpaired) electrons. The number of carbonyl (C=O) groups is 1. The van der Waals surface area contributed by atoms with Crippen molar-refractivity contribution in [1.82, 2.24) is 0 Å². The molecule has 0 aromatic heterocycles. The van der Waals surface area contributed by atoms with Crippen molar-refractivity contribution in [2.45, 2.75) is 12.8 Å². The van der Waals surface area contributed by atoms with Crippen molar-refractivity contribution < 1.29 is 4.79 Å². The zero-order chi connectivity index (χ0) is 6.01. The molecule has 0 aromatic rings. The molecule has 1 nitrogen and oxygen atoms in total. The van der Waals surface area contributed by atoms with Gasteiger partial charge in [0.15, 0.2) is 5.78 Å². The van der Waals surface area contributed by atoms with E-state index in [0.717, 1.165) is 12.0 Å². The minimum atomic E-state index is 0.322. The van der Waals surface area contributed by atoms with E-state index in [0.29, 0.717) is 18.1 Å². The summed E-state index contributed by atoms with van der Waals surface area (Å²) in [5.41, 5.74) is 3.84. The molecular formula is C8H5O. The first-order valence-corrected chi connectivity index (χ1v) is 3.25. The van der Waals surface area contributed by atoms with Gasteiger partial charge >= 0.3 is 0 Å². The van der Waals surface area contributed by atoms with Gasteiger partial charge in [-0.1, -0.05) is 0 Å². The van der Waals surface area contributed by atoms with Crippen molar-refractivity contribution in [1.29, 1.82) is 0 Å². The molecule has 0 bridgehead atoms. The lowest BCUT2D eigenvalue weighted by Gasteiger charge is -2.08. The zero-order valence-electron chi connectivity index (χ0n) is 4.90. The van der Waals surface area contributed by atoms with Crippen LogP contribution in [0.15, 0.2) is 16.7 Å². The van der Waals surface area contributed by atoms with Crippen LogP contribution in [0.5, 0.6) is 0 Å². The van der Waals surface area contributed by atoms with Gasteiger partial charge in [-0.05, 0) is 23.6 Å². The summed E-state index contributed by atoms with van der Waals surface area (Å²) in [6.07, 6.45) is 4.70. The number of Topliss-reactive ketones (excluding diaryl/α,β-unsaturated/α-hetero) is 1. The van der Waals surface area contributed by atoms with Gasteiger partial charge in [0.1, 0.15) is 0 Å². The Bertz CT molecular complexity index is 281. The summed E-state index contributed by atoms with van der Waals surface area (Å²) >= 11 is 0. The molecule has 0 spiro atoms. The van der Waals surface area contributed by atoms with Crippen LogP contribution in [-0.2, 0) is 4.79 Å². The second kappa shape index (κ2) is 0.919. The fourth-order valence-electron chi connectivity index (χ4n) is 1.79. The van der Waals surface area contributed by atoms with E-state index in [9.17, 15) is 4.79 Å². The van der Waals surface area contributed by atoms with Gasteiger partial charge < -0.3 is 0 Å². The van der Waals surface area contributed by atoms with Crippen molar-refractivity contribution in [2.75, 3.05) is 0 Å². The molecule has 1 atom stereocenters. The summed E-state index contributed by atoms with van der Waals surface area (Å²) in [6.45, 7) is 0. The van der Waals surface area contributed by atoms with Crippen LogP contribution in [0.2, 0.25) is 0 Å². The maximum absolute atomic E-state index is 10.9. The van der Waals surface area contributed by atoms with E-state index in [2.05, 4.69) is 6.08 Å². The van der Waals surface area contributed by atoms with Gasteiger partial charge in [-0.2, -0.15) is 0 Å². The molecule has 9 heavy (non-hydrogen) atoms. The van der Waals surface area contributed by atoms with Crippen LogP contribution in [-0.4, -0.2) is 5.78 Å². The Morgan fingerprint density at radius 3 is 3.22 bits per heavy atom. The molecule has 3 aliphatic rings. The van der Waals surface area contributed by atoms with Gasteiger partial charge in [0, 0.05) is 17.9 Å². The molecule has 1 heteroatoms. The molecule has 3 rings (SSSR count). The van der Waals surface area contributed by atoms with Crippen LogP contribution in [0.4, 0.5) is 0 Å². The van der Waals surface area contributed by atoms with E-state index in [4.69, 9.17) is 0 Å². The molecule has 3 aliphatic carbocycles. The van der Waals surface area contributed by atoms with Gasteiger partial charge in [-0.15, -0.1) is 0 Å². The normalized spacial score (nSPS) is 35.3. The van der Waals surface area contributed by atoms with Gasteiger partial charge in [-0.3, -0.25) is 4.79 Å². The molecule has 0 aliphatic heterocycles. The average Bonchev–Trinajstić information content (AvgIpc) is 2.35. The highest BCUT2D eigenvalue weighted by Gasteiger charge is 2.52. The van der Waals surface area contributed by atoms with Gasteiger partial charge in [0.25, 0.3) is 0 Å². The second-order valence-corrected chi connectivity index (χ2v) is 2.84. The highest BCUT2D eigenvalue weighted by atomic mass is 16.1. The SMILES string of the molecule is O=C1C[C]=C2C3=C1CC23. The third kappa shape index (κ3) is 0.277. The molecule has 1 fully saturated rings. The number of ketones is 1. The first-order chi connectivity index (χ1) is 4.38. The summed E-state index contributed by atoms with van der Waals surface area (Å²) in [6, 6.07) is 0. The highest BCUT2D eigenvalue weighted by Crippen LogP contribution is 2.61. The summed E-state index contributed by atoms with van der Waals surface area (Å²) in [4.78, 5) is 10.9. The van der Waals surface area contributed by atoms with Crippen LogP contribution in [0, 0.1) is 12.0 Å². The van der Waals surface area contributed by atoms with Crippen molar-refractivity contribution in [3.63, 3.8) is 0 Å². The minimum absolute atomic E-state index is 0.322. The first kappa shape index (κ1) is 4.04. The van der Waals surface area contributed by atoms with Crippen LogP contribution in [0.1, 0.15) is 12.8 Å². The molecule has 0 heterocycles. The lowest BCUT2D eigenvalue weighted by atomic mass is 9.94. The Morgan fingerprint density at radius 1 is 1.56 bits per heavy atom. The summed E-state index contributed by atoms with van der Waals surface area (Å²) in [5, 5.41) is 0. The molecule has 43 valence electrons. The molecule has 1 saturated carbocycles. The number of fused-ring (bicyclic) bond motifs is 1. The van der Waals surface area contributed by atoms with Crippen molar-refractivity contribution >= 4 is 5.78 Å². The topological polar surface area (TPSA) is 17.1 Å². The molecule has 0 saturated heterocycles. The number of hydrogen-bond donors (Lipinski definition) is 0. The number of rotatable bonds is 0. The van der Waals surface area contributed by atoms with E-state index in [1.54, 1.807) is 0 Å². The highest BCUT2D eigenvalue weighted by molar-refractivity contribution is 6.04. The third-order valence-corrected chi connectivity index (χ3v) is 2.41. The van der Waals surface area contributed by atoms with E-state index in [1.165, 1.54) is 11.1 Å². The van der Waals surface area contributed by atoms with E-state index < -0.39 is 0 Å². The Morgan fingerprint density at radius 2 is 2.44 bits per heavy atom. The van der Waals surface area contributed by atoms with Crippen LogP contribution >= 0.6 is 0 Å². The molecule has 0 aromatic carbocycles. The summed E-state index contributed by atoms with van der Waals surface area (Å²) in [5.74, 6) is 1.02. The minimum Gasteiger partial charge on any atom is -0.294 e. The molecule has 0 N–H and O–H groups in total. The Hall–Kier alpha value is -0.850. The maximum atomic E-state index is 10.9. The van der Waals surface area contributed by atoms with Crippen LogP contribution < -0.4 is 0 Å². The number of carbonyl (C=O) groups excluding carboxylic acids is 1. The monoisotopic (exact) mass is 117 g/mol. The maximum Gasteiger partial charge on any atom is 0.163 e. The zero-order valence-corrected chi connectivity index (χ0v) is 4.90. The summed E-state index contributed by atoms with van der Waals surface area (Å²) < 4.78 is 0. The number of hydrogen-bond acceptors (Lipinski definition) is 1. The van der Waals surface area contributed by atoms with E-state index in [1.807, 2.05) is 0 Å². The molecule has 0 amide bonds. The lowest BCUT2D eigenvalue weighted by molar-refractivity contribution is -0.115. The van der Waals surface area contributed by atoms with Crippen LogP contribution in [0.3, 0.4) is 0 Å². The lowest BCUT2D eigenvalue weighted by Crippen LogP contribution is -2.07. The second-order valence-electron chi connectivity index (χ2n) is 2.84. The van der Waals surface area contributed by atoms with E-state index in [-0.39, 0.29) is 0 Å². The van der Waals surface area contributed by atoms with Crippen molar-refractivity contribution in [2.24, 2.45) is 5.92 Å². The molecular weight excluding hydrogens is 112 g/mol. The van der Waals surface area contributed by atoms with Gasteiger partial charge in [0.05, 0.1) is 0 Å². The van der Waals surface area contributed by atoms with Crippen molar-refractivity contribution in [3.05, 3.63) is 22.8 Å². The fraction of sp³-hybridized carbons (Fsp3) is 0.375. The Labute approximate surface area is 53.1 Å². The Balaban J connectivity index is 2.30. The predicted molar refractivity (Wildman–Crippen MR) is 31.5 cm³/mol. The summed E-state index contributed by atoms with van der Waals surface area (Å²) in [7, 11) is 0. The standard InChI is InChI=1S/C8H5O/c9-7-2-1-4-5-3-6(7)8(4)5/h5H,2-3H2.